The van der Waals surface area contributed by atoms with Gasteiger partial charge in [-0.2, -0.15) is 13.8 Å². The molecule has 17 rings (SSSR count). The number of likely N-dealkylation sites (N-methyl/N-ethyl adjacent to an activating group) is 2. The van der Waals surface area contributed by atoms with Crippen LogP contribution in [0.1, 0.15) is 76.5 Å². The van der Waals surface area contributed by atoms with Crippen molar-refractivity contribution in [2.24, 2.45) is 11.8 Å². The molecule has 13 aromatic rings. The fourth-order valence-corrected chi connectivity index (χ4v) is 18.6. The number of ether oxygens (including phenoxy) is 8. The van der Waals surface area contributed by atoms with E-state index in [1.54, 1.807) is 69.5 Å². The summed E-state index contributed by atoms with van der Waals surface area (Å²) in [6.07, 6.45) is 14.6. The predicted octanol–water partition coefficient (Wildman–Crippen LogP) is 16.5. The number of methoxy groups -OCH3 is 2. The van der Waals surface area contributed by atoms with Gasteiger partial charge in [0, 0.05) is 157 Å². The van der Waals surface area contributed by atoms with Crippen molar-refractivity contribution < 1.29 is 57.7 Å². The Kier molecular flexibility index (Phi) is 27.9. The Balaban J connectivity index is 0.664. The van der Waals surface area contributed by atoms with Crippen molar-refractivity contribution in [2.75, 3.05) is 114 Å². The summed E-state index contributed by atoms with van der Waals surface area (Å²) in [5.41, 5.74) is 10.7. The molecule has 0 radical (unpaired) electrons. The first-order chi connectivity index (χ1) is 62.9. The molecule has 2 saturated heterocycles. The van der Waals surface area contributed by atoms with Crippen molar-refractivity contribution in [3.8, 4) is 103 Å². The molecule has 2 saturated carbocycles. The summed E-state index contributed by atoms with van der Waals surface area (Å²) in [6, 6.07) is 39.2. The maximum Gasteiger partial charge on any atom is 0.345 e. The summed E-state index contributed by atoms with van der Waals surface area (Å²) in [4.78, 5) is 66.1. The Morgan fingerprint density at radius 1 is 0.589 bits per heavy atom. The molecule has 0 amide bonds. The number of aliphatic carboxylic acids is 2. The minimum Gasteiger partial charge on any atom is -0.496 e. The molecule has 2 unspecified atom stereocenters. The molecular formula is C97H100Cl2N16O12S2. The van der Waals surface area contributed by atoms with Crippen LogP contribution >= 0.6 is 46.3 Å². The van der Waals surface area contributed by atoms with Gasteiger partial charge in [-0.15, -0.1) is 0 Å². The summed E-state index contributed by atoms with van der Waals surface area (Å²) < 4.78 is 63.7. The molecule has 4 N–H and O–H groups in total. The lowest BCUT2D eigenvalue weighted by molar-refractivity contribution is -0.145. The molecule has 4 fully saturated rings. The highest BCUT2D eigenvalue weighted by atomic mass is 35.5. The van der Waals surface area contributed by atoms with Crippen LogP contribution < -0.4 is 43.2 Å². The van der Waals surface area contributed by atoms with Gasteiger partial charge in [0.1, 0.15) is 60.9 Å². The van der Waals surface area contributed by atoms with E-state index in [4.69, 9.17) is 100 Å². The molecule has 4 aliphatic rings. The van der Waals surface area contributed by atoms with Crippen molar-refractivity contribution in [1.29, 1.82) is 5.41 Å². The van der Waals surface area contributed by atoms with Gasteiger partial charge in [0.15, 0.2) is 11.6 Å². The summed E-state index contributed by atoms with van der Waals surface area (Å²) in [5, 5.41) is 42.0. The number of nitrogens with zero attached hydrogens (tertiary/aromatic N) is 14. The van der Waals surface area contributed by atoms with Gasteiger partial charge in [-0.1, -0.05) is 96.4 Å². The number of hydrogen-bond acceptors (Lipinski definition) is 27. The molecule has 2 aliphatic heterocycles. The van der Waals surface area contributed by atoms with E-state index in [9.17, 15) is 19.8 Å². The van der Waals surface area contributed by atoms with Gasteiger partial charge < -0.3 is 68.6 Å². The van der Waals surface area contributed by atoms with Crippen molar-refractivity contribution in [3.63, 3.8) is 0 Å². The van der Waals surface area contributed by atoms with Crippen molar-refractivity contribution in [3.05, 3.63) is 226 Å². The first kappa shape index (κ1) is 88.8. The third kappa shape index (κ3) is 20.4. The zero-order valence-corrected chi connectivity index (χ0v) is 75.6. The maximum atomic E-state index is 14.1. The number of carbonyl (C=O) groups is 2. The molecule has 28 nitrogen and oxygen atoms in total. The van der Waals surface area contributed by atoms with E-state index in [1.807, 2.05) is 134 Å². The second kappa shape index (κ2) is 40.6. The van der Waals surface area contributed by atoms with Gasteiger partial charge >= 0.3 is 11.9 Å². The molecule has 6 aromatic carbocycles. The SMILES string of the molecule is COc1ccccc1-c1nccc(COc2ccccc2C[C@@H](Oc2nsc3cnc(/C(C=N)=C/NCC4CC4c4ccc(OCc5ccnc(-c6ccccc6OC)n5)c(C[C@@H](Oc5nsc6cnc(-c7cnn(CC8CCC8)c7)c(-c7ccc(OCCN8CCN(C)CC8)c(Cl)c7C)c56)C(=O)O)c4)c(-c4ccc(OCCN5CCN(C)CC5)c(Cl)c4C)c23)C(=O)O)n1. The van der Waals surface area contributed by atoms with E-state index in [0.717, 1.165) is 130 Å². The number of piperazine rings is 2. The van der Waals surface area contributed by atoms with Gasteiger partial charge in [0.2, 0.25) is 24.0 Å². The van der Waals surface area contributed by atoms with Crippen molar-refractivity contribution >= 4 is 90.2 Å². The van der Waals surface area contributed by atoms with E-state index in [2.05, 4.69) is 49.0 Å². The van der Waals surface area contributed by atoms with Crippen LogP contribution in [0.4, 0.5) is 0 Å². The number of benzene rings is 6. The Hall–Kier alpha value is -12.3. The number of pyridine rings is 2. The highest BCUT2D eigenvalue weighted by molar-refractivity contribution is 7.14. The number of carboxylic acid groups (broad SMARTS) is 2. The fourth-order valence-electron chi connectivity index (χ4n) is 16.8. The molecule has 666 valence electrons. The molecule has 0 spiro atoms. The number of allylic oxidation sites excluding steroid dienone is 1. The molecule has 129 heavy (non-hydrogen) atoms. The highest BCUT2D eigenvalue weighted by Crippen LogP contribution is 2.51. The largest absolute Gasteiger partial charge is 0.496 e. The highest BCUT2D eigenvalue weighted by Gasteiger charge is 2.39. The number of nitrogens with one attached hydrogen (secondary N) is 2. The molecule has 4 atom stereocenters. The van der Waals surface area contributed by atoms with Gasteiger partial charge in [-0.3, -0.25) is 24.4 Å². The molecule has 32 heteroatoms. The van der Waals surface area contributed by atoms with Crippen molar-refractivity contribution in [1.82, 2.24) is 73.3 Å². The maximum absolute atomic E-state index is 14.1. The van der Waals surface area contributed by atoms with E-state index in [0.29, 0.717) is 181 Å². The lowest BCUT2D eigenvalue weighted by Gasteiger charge is -2.32. The summed E-state index contributed by atoms with van der Waals surface area (Å²) >= 11 is 17.0. The smallest absolute Gasteiger partial charge is 0.345 e. The number of rotatable bonds is 39. The average Bonchev–Trinajstić information content (AvgIpc) is 1.65. The third-order valence-corrected chi connectivity index (χ3v) is 27.0. The summed E-state index contributed by atoms with van der Waals surface area (Å²) in [6.45, 7) is 15.2. The lowest BCUT2D eigenvalue weighted by atomic mass is 9.85. The minimum atomic E-state index is -1.50. The number of hydrogen-bond donors (Lipinski definition) is 4. The standard InChI is InChI=1S/C97H100Cl2N16O12S2/c1-58-69(23-26-78(88(58)98)122-42-40-113-36-32-111(3)33-37-113)84-86-82(128-109-94(86)126-80(96(116)117)46-62-16-7-10-19-74(62)124-56-67-28-30-102-92(107-67)71-17-8-11-20-76(71)120-5)52-104-90(84)65(48-100)50-101-49-64-45-73(64)61-22-25-75(125-57-68-29-31-103-93(108-68)72-18-9-12-21-77(72)121-6)63(44-61)47-81(97(118)119)127-95-87-83(129-110-95)53-105-91(66-51-106-115(55-66)54-60-14-13-15-60)85(87)70-24-27-79(89(99)59(70)2)123-43-41-114-38-34-112(4)35-39-114/h7-12,16-31,44,48,50-53,55,60,64,73,80-81,100-101H,13-15,32-43,45-47,49,54,56-57H2,1-6H3,(H,116,117)(H,118,119)/b65-50+,100-48?/t64?,73?,80-,81-/m1/s1. The van der Waals surface area contributed by atoms with Crippen LogP contribution in [0.25, 0.3) is 82.0 Å². The van der Waals surface area contributed by atoms with Crippen LogP contribution in [0.2, 0.25) is 10.0 Å². The monoisotopic (exact) mass is 1810 g/mol. The Morgan fingerprint density at radius 3 is 1.66 bits per heavy atom. The molecule has 7 aromatic heterocycles. The first-order valence-electron chi connectivity index (χ1n) is 43.3. The van der Waals surface area contributed by atoms with Gasteiger partial charge in [-0.05, 0) is 188 Å². The predicted molar refractivity (Wildman–Crippen MR) is 499 cm³/mol. The lowest BCUT2D eigenvalue weighted by Crippen LogP contribution is -2.45. The van der Waals surface area contributed by atoms with E-state index < -0.39 is 24.1 Å². The van der Waals surface area contributed by atoms with Crippen molar-refractivity contribution in [2.45, 2.75) is 90.3 Å². The Bertz CT molecular complexity index is 6270. The molecule has 0 bridgehead atoms. The van der Waals surface area contributed by atoms with Crippen LogP contribution in [0.5, 0.6) is 46.3 Å². The molecule has 2 aliphatic carbocycles. The quantitative estimate of drug-likeness (QED) is 0.0260. The summed E-state index contributed by atoms with van der Waals surface area (Å²) in [5.74, 6) is 2.32. The third-order valence-electron chi connectivity index (χ3n) is 24.5. The average molecular weight is 1820 g/mol. The topological polar surface area (TPSA) is 318 Å². The number of halogens is 2. The van der Waals surface area contributed by atoms with Gasteiger partial charge in [0.05, 0.1) is 84.5 Å². The Morgan fingerprint density at radius 2 is 1.11 bits per heavy atom. The van der Waals surface area contributed by atoms with E-state index in [-0.39, 0.29) is 49.7 Å². The van der Waals surface area contributed by atoms with Crippen LogP contribution in [0.15, 0.2) is 171 Å². The van der Waals surface area contributed by atoms with Crippen LogP contribution in [-0.4, -0.2) is 222 Å². The number of aromatic nitrogens is 10. The van der Waals surface area contributed by atoms with E-state index >= 15 is 0 Å². The zero-order chi connectivity index (χ0) is 89.2. The second-order valence-electron chi connectivity index (χ2n) is 33.0. The van der Waals surface area contributed by atoms with Gasteiger partial charge in [-0.25, -0.2) is 29.5 Å². The van der Waals surface area contributed by atoms with Gasteiger partial charge in [0.25, 0.3) is 0 Å². The minimum absolute atomic E-state index is 0.000455. The number of fused-ring (bicyclic) bond motifs is 2. The normalized spacial score (nSPS) is 16.3. The second-order valence-corrected chi connectivity index (χ2v) is 35.4. The number of para-hydroxylation sites is 3. The first-order valence-corrected chi connectivity index (χ1v) is 45.6. The fraction of sp³-hybridized carbons (Fsp3) is 0.340. The van der Waals surface area contributed by atoms with Crippen LogP contribution in [0.3, 0.4) is 0 Å². The van der Waals surface area contributed by atoms with Crippen LogP contribution in [-0.2, 0) is 42.2 Å². The molecule has 9 heterocycles. The van der Waals surface area contributed by atoms with E-state index in [1.165, 1.54) is 12.6 Å². The molecular weight excluding hydrogens is 1720 g/mol. The Labute approximate surface area is 765 Å². The van der Waals surface area contributed by atoms with Crippen LogP contribution in [0, 0.1) is 31.1 Å². The zero-order valence-electron chi connectivity index (χ0n) is 72.5. The summed E-state index contributed by atoms with van der Waals surface area (Å²) in [7, 11) is 7.45. The number of carboxylic acids is 2.